The number of rotatable bonds is 1. The van der Waals surface area contributed by atoms with Crippen molar-refractivity contribution in [1.29, 1.82) is 0 Å². The second-order valence-corrected chi connectivity index (χ2v) is 5.53. The van der Waals surface area contributed by atoms with E-state index in [1.807, 2.05) is 4.90 Å². The van der Waals surface area contributed by atoms with Crippen LogP contribution >= 0.6 is 0 Å². The van der Waals surface area contributed by atoms with E-state index in [0.717, 1.165) is 25.7 Å². The van der Waals surface area contributed by atoms with Crippen LogP contribution < -0.4 is 5.73 Å². The third-order valence-electron chi connectivity index (χ3n) is 4.23. The Labute approximate surface area is 111 Å². The molecule has 5 nitrogen and oxygen atoms in total. The average molecular weight is 262 g/mol. The molecule has 4 N–H and O–H groups in total. The van der Waals surface area contributed by atoms with E-state index in [0.29, 0.717) is 5.56 Å². The van der Waals surface area contributed by atoms with Gasteiger partial charge in [-0.05, 0) is 43.9 Å². The molecule has 1 aromatic rings. The van der Waals surface area contributed by atoms with Gasteiger partial charge < -0.3 is 20.8 Å². The van der Waals surface area contributed by atoms with Crippen molar-refractivity contribution in [2.24, 2.45) is 5.73 Å². The normalized spacial score (nSPS) is 29.5. The topological polar surface area (TPSA) is 86.8 Å². The number of phenolic OH excluding ortho intramolecular Hbond substituents is 2. The van der Waals surface area contributed by atoms with Gasteiger partial charge in [0.05, 0.1) is 0 Å². The fourth-order valence-electron chi connectivity index (χ4n) is 3.36. The zero-order valence-electron chi connectivity index (χ0n) is 10.6. The maximum atomic E-state index is 12.5. The summed E-state index contributed by atoms with van der Waals surface area (Å²) in [5.74, 6) is -0.540. The quantitative estimate of drug-likeness (QED) is 0.663. The van der Waals surface area contributed by atoms with E-state index in [4.69, 9.17) is 5.73 Å². The minimum absolute atomic E-state index is 0.0744. The molecule has 2 aliphatic heterocycles. The summed E-state index contributed by atoms with van der Waals surface area (Å²) in [6, 6.07) is 4.85. The Balaban J connectivity index is 1.86. The molecule has 5 heteroatoms. The second kappa shape index (κ2) is 4.42. The summed E-state index contributed by atoms with van der Waals surface area (Å²) in [6.07, 6.45) is 3.72. The summed E-state index contributed by atoms with van der Waals surface area (Å²) in [6.45, 7) is 0. The number of piperidine rings is 1. The Hall–Kier alpha value is -1.75. The molecule has 1 aromatic carbocycles. The number of nitrogens with two attached hydrogens (primary N) is 1. The lowest BCUT2D eigenvalue weighted by Gasteiger charge is -2.37. The van der Waals surface area contributed by atoms with E-state index in [2.05, 4.69) is 0 Å². The van der Waals surface area contributed by atoms with Crippen LogP contribution in [0.15, 0.2) is 18.2 Å². The van der Waals surface area contributed by atoms with E-state index >= 15 is 0 Å². The molecular weight excluding hydrogens is 244 g/mol. The van der Waals surface area contributed by atoms with Gasteiger partial charge in [-0.25, -0.2) is 0 Å². The lowest BCUT2D eigenvalue weighted by Crippen LogP contribution is -2.50. The molecule has 2 heterocycles. The van der Waals surface area contributed by atoms with Crippen LogP contribution in [0.1, 0.15) is 36.0 Å². The number of amides is 1. The van der Waals surface area contributed by atoms with Crippen LogP contribution in [0.3, 0.4) is 0 Å². The van der Waals surface area contributed by atoms with Crippen LogP contribution in [0.25, 0.3) is 0 Å². The molecule has 0 saturated carbocycles. The zero-order chi connectivity index (χ0) is 13.6. The first kappa shape index (κ1) is 12.3. The first-order valence-electron chi connectivity index (χ1n) is 6.66. The largest absolute Gasteiger partial charge is 0.504 e. The Morgan fingerprint density at radius 3 is 2.37 bits per heavy atom. The molecule has 0 spiro atoms. The molecule has 19 heavy (non-hydrogen) atoms. The van der Waals surface area contributed by atoms with Crippen LogP contribution in [0.5, 0.6) is 11.5 Å². The number of benzene rings is 1. The first-order chi connectivity index (χ1) is 9.06. The van der Waals surface area contributed by atoms with Crippen molar-refractivity contribution in [2.75, 3.05) is 0 Å². The van der Waals surface area contributed by atoms with Crippen LogP contribution in [-0.4, -0.2) is 39.1 Å². The lowest BCUT2D eigenvalue weighted by atomic mass is 9.97. The van der Waals surface area contributed by atoms with Crippen LogP contribution in [-0.2, 0) is 0 Å². The van der Waals surface area contributed by atoms with Crippen LogP contribution in [0, 0.1) is 0 Å². The van der Waals surface area contributed by atoms with Gasteiger partial charge in [0.1, 0.15) is 0 Å². The van der Waals surface area contributed by atoms with Crippen molar-refractivity contribution in [3.63, 3.8) is 0 Å². The molecule has 2 bridgehead atoms. The highest BCUT2D eigenvalue weighted by molar-refractivity contribution is 5.95. The van der Waals surface area contributed by atoms with Crippen LogP contribution in [0.4, 0.5) is 0 Å². The molecule has 2 saturated heterocycles. The van der Waals surface area contributed by atoms with Gasteiger partial charge in [-0.3, -0.25) is 4.79 Å². The number of carbonyl (C=O) groups excluding carboxylic acids is 1. The van der Waals surface area contributed by atoms with Gasteiger partial charge in [-0.15, -0.1) is 0 Å². The van der Waals surface area contributed by atoms with Gasteiger partial charge in [0, 0.05) is 23.7 Å². The number of phenols is 2. The third kappa shape index (κ3) is 2.04. The van der Waals surface area contributed by atoms with Gasteiger partial charge in [-0.2, -0.15) is 0 Å². The molecule has 102 valence electrons. The molecule has 0 radical (unpaired) electrons. The highest BCUT2D eigenvalue weighted by Crippen LogP contribution is 2.37. The third-order valence-corrected chi connectivity index (χ3v) is 4.23. The van der Waals surface area contributed by atoms with E-state index in [9.17, 15) is 15.0 Å². The van der Waals surface area contributed by atoms with Crippen molar-refractivity contribution >= 4 is 5.91 Å². The maximum absolute atomic E-state index is 12.5. The summed E-state index contributed by atoms with van der Waals surface area (Å²) >= 11 is 0. The predicted molar refractivity (Wildman–Crippen MR) is 70.0 cm³/mol. The Kier molecular flexibility index (Phi) is 2.86. The van der Waals surface area contributed by atoms with Crippen molar-refractivity contribution in [3.8, 4) is 11.5 Å². The minimum Gasteiger partial charge on any atom is -0.504 e. The number of fused-ring (bicyclic) bond motifs is 2. The molecule has 1 amide bonds. The fourth-order valence-corrected chi connectivity index (χ4v) is 3.36. The molecule has 3 rings (SSSR count). The number of hydrogen-bond donors (Lipinski definition) is 3. The van der Waals surface area contributed by atoms with Crippen molar-refractivity contribution in [3.05, 3.63) is 23.8 Å². The Bertz CT molecular complexity index is 503. The van der Waals surface area contributed by atoms with Crippen molar-refractivity contribution < 1.29 is 15.0 Å². The van der Waals surface area contributed by atoms with E-state index in [1.54, 1.807) is 6.07 Å². The molecular formula is C14H18N2O3. The second-order valence-electron chi connectivity index (χ2n) is 5.53. The number of carbonyl (C=O) groups is 1. The van der Waals surface area contributed by atoms with E-state index < -0.39 is 0 Å². The average Bonchev–Trinajstić information content (AvgIpc) is 2.64. The van der Waals surface area contributed by atoms with Crippen molar-refractivity contribution in [1.82, 2.24) is 4.90 Å². The summed E-state index contributed by atoms with van der Waals surface area (Å²) < 4.78 is 0. The lowest BCUT2D eigenvalue weighted by molar-refractivity contribution is 0.0574. The molecule has 0 aromatic heterocycles. The van der Waals surface area contributed by atoms with Gasteiger partial charge in [0.15, 0.2) is 11.5 Å². The number of nitrogens with zero attached hydrogens (tertiary/aromatic N) is 1. The molecule has 2 atom stereocenters. The molecule has 2 fully saturated rings. The fraction of sp³-hybridized carbons (Fsp3) is 0.500. The van der Waals surface area contributed by atoms with Crippen LogP contribution in [0.2, 0.25) is 0 Å². The molecule has 0 aliphatic carbocycles. The molecule has 2 unspecified atom stereocenters. The van der Waals surface area contributed by atoms with E-state index in [1.165, 1.54) is 12.1 Å². The summed E-state index contributed by atoms with van der Waals surface area (Å²) in [7, 11) is 0. The standard InChI is InChI=1S/C14H18N2O3/c15-9-6-10-2-3-11(7-9)16(10)14(19)8-1-4-12(17)13(18)5-8/h1,4-5,9-11,17-18H,2-3,6-7,15H2. The summed E-state index contributed by atoms with van der Waals surface area (Å²) in [5.41, 5.74) is 6.41. The predicted octanol–water partition coefficient (Wildman–Crippen LogP) is 1.19. The summed E-state index contributed by atoms with van der Waals surface area (Å²) in [4.78, 5) is 14.4. The Morgan fingerprint density at radius 2 is 1.79 bits per heavy atom. The first-order valence-corrected chi connectivity index (χ1v) is 6.66. The monoisotopic (exact) mass is 262 g/mol. The highest BCUT2D eigenvalue weighted by atomic mass is 16.3. The highest BCUT2D eigenvalue weighted by Gasteiger charge is 2.42. The zero-order valence-corrected chi connectivity index (χ0v) is 10.6. The number of aromatic hydroxyl groups is 2. The maximum Gasteiger partial charge on any atom is 0.254 e. The van der Waals surface area contributed by atoms with Gasteiger partial charge in [0.25, 0.3) is 5.91 Å². The Morgan fingerprint density at radius 1 is 1.16 bits per heavy atom. The van der Waals surface area contributed by atoms with Gasteiger partial charge >= 0.3 is 0 Å². The van der Waals surface area contributed by atoms with Crippen molar-refractivity contribution in [2.45, 2.75) is 43.8 Å². The SMILES string of the molecule is NC1CC2CCC(C1)N2C(=O)c1ccc(O)c(O)c1. The summed E-state index contributed by atoms with van der Waals surface area (Å²) in [5, 5.41) is 18.8. The van der Waals surface area contributed by atoms with Gasteiger partial charge in [-0.1, -0.05) is 0 Å². The van der Waals surface area contributed by atoms with E-state index in [-0.39, 0.29) is 35.5 Å². The molecule has 2 aliphatic rings. The number of hydrogen-bond acceptors (Lipinski definition) is 4. The van der Waals surface area contributed by atoms with Gasteiger partial charge in [0.2, 0.25) is 0 Å². The smallest absolute Gasteiger partial charge is 0.254 e. The minimum atomic E-state index is -0.257.